The summed E-state index contributed by atoms with van der Waals surface area (Å²) in [4.78, 5) is 1.60. The molecule has 0 radical (unpaired) electrons. The maximum Gasteiger partial charge on any atom is 0.390 e. The van der Waals surface area contributed by atoms with Gasteiger partial charge in [-0.15, -0.1) is 0 Å². The summed E-state index contributed by atoms with van der Waals surface area (Å²) >= 11 is 0. The van der Waals surface area contributed by atoms with Crippen molar-refractivity contribution in [2.45, 2.75) is 18.6 Å². The molecular weight excluding hydrogens is 229 g/mol. The van der Waals surface area contributed by atoms with E-state index in [1.165, 1.54) is 0 Å². The van der Waals surface area contributed by atoms with Gasteiger partial charge in [0.05, 0.1) is 6.42 Å². The first-order valence-corrected chi connectivity index (χ1v) is 5.44. The maximum atomic E-state index is 12.0. The van der Waals surface area contributed by atoms with Crippen molar-refractivity contribution in [1.82, 2.24) is 4.90 Å². The highest BCUT2D eigenvalue weighted by atomic mass is 19.4. The summed E-state index contributed by atoms with van der Waals surface area (Å²) in [5.41, 5.74) is 6.85. The molecule has 1 aromatic carbocycles. The molecule has 0 saturated carbocycles. The lowest BCUT2D eigenvalue weighted by atomic mass is 10.1. The van der Waals surface area contributed by atoms with E-state index in [2.05, 4.69) is 0 Å². The van der Waals surface area contributed by atoms with E-state index in [-0.39, 0.29) is 12.6 Å². The summed E-state index contributed by atoms with van der Waals surface area (Å²) in [7, 11) is 1.65. The average Bonchev–Trinajstić information content (AvgIpc) is 2.27. The topological polar surface area (TPSA) is 29.3 Å². The van der Waals surface area contributed by atoms with Crippen molar-refractivity contribution in [3.63, 3.8) is 0 Å². The molecule has 0 aliphatic rings. The van der Waals surface area contributed by atoms with Crippen LogP contribution in [-0.4, -0.2) is 31.2 Å². The summed E-state index contributed by atoms with van der Waals surface area (Å²) < 4.78 is 36.1. The van der Waals surface area contributed by atoms with E-state index < -0.39 is 12.6 Å². The van der Waals surface area contributed by atoms with Gasteiger partial charge < -0.3 is 10.6 Å². The Balaban J connectivity index is 2.39. The second-order valence-corrected chi connectivity index (χ2v) is 4.14. The number of benzene rings is 1. The van der Waals surface area contributed by atoms with E-state index in [9.17, 15) is 13.2 Å². The Bertz CT molecular complexity index is 324. The molecule has 0 aliphatic heterocycles. The van der Waals surface area contributed by atoms with Gasteiger partial charge in [0.2, 0.25) is 0 Å². The number of rotatable bonds is 5. The van der Waals surface area contributed by atoms with Crippen LogP contribution >= 0.6 is 0 Å². The largest absolute Gasteiger partial charge is 0.390 e. The van der Waals surface area contributed by atoms with Crippen LogP contribution in [0.5, 0.6) is 0 Å². The van der Waals surface area contributed by atoms with E-state index in [0.717, 1.165) is 5.56 Å². The van der Waals surface area contributed by atoms with Crippen molar-refractivity contribution < 1.29 is 13.2 Å². The van der Waals surface area contributed by atoms with E-state index in [1.807, 2.05) is 30.3 Å². The highest BCUT2D eigenvalue weighted by Gasteiger charge is 2.27. The number of likely N-dealkylation sites (N-methyl/N-ethyl adjacent to an activating group) is 1. The van der Waals surface area contributed by atoms with E-state index >= 15 is 0 Å². The third kappa shape index (κ3) is 5.70. The molecule has 0 fully saturated rings. The van der Waals surface area contributed by atoms with Crippen LogP contribution < -0.4 is 5.73 Å². The van der Waals surface area contributed by atoms with E-state index in [0.29, 0.717) is 6.54 Å². The van der Waals surface area contributed by atoms with Gasteiger partial charge in [0.15, 0.2) is 0 Å². The molecular formula is C12H17F3N2. The van der Waals surface area contributed by atoms with Gasteiger partial charge in [-0.1, -0.05) is 30.3 Å². The SMILES string of the molecule is CN(CCC(F)(F)F)CC(N)c1ccccc1. The first-order valence-electron chi connectivity index (χ1n) is 5.44. The highest BCUT2D eigenvalue weighted by molar-refractivity contribution is 5.18. The van der Waals surface area contributed by atoms with Crippen LogP contribution in [0.4, 0.5) is 13.2 Å². The van der Waals surface area contributed by atoms with Gasteiger partial charge in [-0.3, -0.25) is 0 Å². The Labute approximate surface area is 99.2 Å². The minimum Gasteiger partial charge on any atom is -0.323 e. The van der Waals surface area contributed by atoms with Gasteiger partial charge >= 0.3 is 6.18 Å². The van der Waals surface area contributed by atoms with Crippen molar-refractivity contribution in [3.8, 4) is 0 Å². The lowest BCUT2D eigenvalue weighted by Gasteiger charge is -2.22. The molecule has 1 rings (SSSR count). The van der Waals surface area contributed by atoms with Crippen LogP contribution in [0, 0.1) is 0 Å². The standard InChI is InChI=1S/C12H17F3N2/c1-17(8-7-12(13,14)15)9-11(16)10-5-3-2-4-6-10/h2-6,11H,7-9,16H2,1H3. The van der Waals surface area contributed by atoms with Crippen LogP contribution in [0.1, 0.15) is 18.0 Å². The Hall–Kier alpha value is -1.07. The van der Waals surface area contributed by atoms with Gasteiger partial charge in [-0.2, -0.15) is 13.2 Å². The molecule has 96 valence electrons. The summed E-state index contributed by atoms with van der Waals surface area (Å²) in [6.45, 7) is 0.393. The molecule has 0 aliphatic carbocycles. The molecule has 5 heteroatoms. The zero-order valence-corrected chi connectivity index (χ0v) is 9.74. The molecule has 0 heterocycles. The summed E-state index contributed by atoms with van der Waals surface area (Å²) in [5.74, 6) is 0. The molecule has 0 bridgehead atoms. The van der Waals surface area contributed by atoms with Crippen molar-refractivity contribution in [1.29, 1.82) is 0 Å². The Kier molecular flexibility index (Phi) is 4.96. The minimum atomic E-state index is -4.11. The fourth-order valence-corrected chi connectivity index (χ4v) is 1.55. The van der Waals surface area contributed by atoms with Gasteiger partial charge in [-0.25, -0.2) is 0 Å². The molecule has 0 spiro atoms. The van der Waals surface area contributed by atoms with Gasteiger partial charge in [0.25, 0.3) is 0 Å². The number of halogens is 3. The second kappa shape index (κ2) is 6.02. The van der Waals surface area contributed by atoms with Crippen LogP contribution in [0.25, 0.3) is 0 Å². The third-order valence-corrected chi connectivity index (χ3v) is 2.51. The zero-order chi connectivity index (χ0) is 12.9. The smallest absolute Gasteiger partial charge is 0.323 e. The maximum absolute atomic E-state index is 12.0. The summed E-state index contributed by atoms with van der Waals surface area (Å²) in [6.07, 6.45) is -4.91. The number of alkyl halides is 3. The quantitative estimate of drug-likeness (QED) is 0.865. The molecule has 1 atom stereocenters. The first kappa shape index (κ1) is 14.0. The Morgan fingerprint density at radius 3 is 2.35 bits per heavy atom. The molecule has 2 N–H and O–H groups in total. The molecule has 2 nitrogen and oxygen atoms in total. The summed E-state index contributed by atoms with van der Waals surface area (Å²) in [6, 6.07) is 9.11. The number of nitrogens with zero attached hydrogens (tertiary/aromatic N) is 1. The second-order valence-electron chi connectivity index (χ2n) is 4.14. The zero-order valence-electron chi connectivity index (χ0n) is 9.74. The molecule has 0 amide bonds. The summed E-state index contributed by atoms with van der Waals surface area (Å²) in [5, 5.41) is 0. The fraction of sp³-hybridized carbons (Fsp3) is 0.500. The van der Waals surface area contributed by atoms with Gasteiger partial charge in [-0.05, 0) is 12.6 Å². The number of hydrogen-bond acceptors (Lipinski definition) is 2. The van der Waals surface area contributed by atoms with Crippen LogP contribution in [0.3, 0.4) is 0 Å². The lowest BCUT2D eigenvalue weighted by Crippen LogP contribution is -2.31. The van der Waals surface area contributed by atoms with Crippen molar-refractivity contribution >= 4 is 0 Å². The lowest BCUT2D eigenvalue weighted by molar-refractivity contribution is -0.137. The molecule has 1 unspecified atom stereocenters. The predicted octanol–water partition coefficient (Wildman–Crippen LogP) is 2.57. The van der Waals surface area contributed by atoms with Gasteiger partial charge in [0, 0.05) is 19.1 Å². The third-order valence-electron chi connectivity index (χ3n) is 2.51. The molecule has 0 aromatic heterocycles. The minimum absolute atomic E-state index is 0.0238. The number of hydrogen-bond donors (Lipinski definition) is 1. The van der Waals surface area contributed by atoms with Gasteiger partial charge in [0.1, 0.15) is 0 Å². The van der Waals surface area contributed by atoms with Crippen molar-refractivity contribution in [2.24, 2.45) is 5.73 Å². The monoisotopic (exact) mass is 246 g/mol. The van der Waals surface area contributed by atoms with Crippen molar-refractivity contribution in [3.05, 3.63) is 35.9 Å². The Morgan fingerprint density at radius 2 is 1.82 bits per heavy atom. The fourth-order valence-electron chi connectivity index (χ4n) is 1.55. The van der Waals surface area contributed by atoms with Crippen LogP contribution in [0.15, 0.2) is 30.3 Å². The van der Waals surface area contributed by atoms with Crippen LogP contribution in [-0.2, 0) is 0 Å². The molecule has 17 heavy (non-hydrogen) atoms. The predicted molar refractivity (Wildman–Crippen MR) is 61.5 cm³/mol. The average molecular weight is 246 g/mol. The first-order chi connectivity index (χ1) is 7.88. The van der Waals surface area contributed by atoms with Crippen LogP contribution in [0.2, 0.25) is 0 Å². The highest BCUT2D eigenvalue weighted by Crippen LogP contribution is 2.20. The molecule has 0 saturated heterocycles. The Morgan fingerprint density at radius 1 is 1.24 bits per heavy atom. The van der Waals surface area contributed by atoms with E-state index in [4.69, 9.17) is 5.73 Å². The van der Waals surface area contributed by atoms with E-state index in [1.54, 1.807) is 11.9 Å². The normalized spacial score (nSPS) is 14.0. The molecule has 1 aromatic rings. The number of nitrogens with two attached hydrogens (primary N) is 1. The van der Waals surface area contributed by atoms with Crippen molar-refractivity contribution in [2.75, 3.05) is 20.1 Å².